The first-order valence-corrected chi connectivity index (χ1v) is 15.5. The minimum Gasteiger partial charge on any atom is -0.0623 e. The second kappa shape index (κ2) is 10.3. The van der Waals surface area contributed by atoms with Crippen molar-refractivity contribution in [2.45, 2.75) is 19.8 Å². The second-order valence-electron chi connectivity index (χ2n) is 10.3. The summed E-state index contributed by atoms with van der Waals surface area (Å²) >= 11 is 0. The van der Waals surface area contributed by atoms with Crippen molar-refractivity contribution in [2.75, 3.05) is 0 Å². The summed E-state index contributed by atoms with van der Waals surface area (Å²) in [5.41, 5.74) is 4.00. The SMILES string of the molecule is CC(C)c1ccc2ccc([Si](c3ccccc3)(c3ccccc3)c3ccccc3)c(-c3ccccc3)c2c1. The predicted octanol–water partition coefficient (Wildman–Crippen LogP) is 7.01. The van der Waals surface area contributed by atoms with Gasteiger partial charge in [0, 0.05) is 0 Å². The standard InChI is InChI=1S/C37H32Si/c1-28(2)31-24-23-29-25-26-36(37(35(29)27-31)30-15-7-3-8-16-30)38(32-17-9-4-10-18-32,33-19-11-5-12-20-33)34-21-13-6-14-22-34/h3-28H,1-2H3. The molecule has 0 spiro atoms. The monoisotopic (exact) mass is 504 g/mol. The number of hydrogen-bond donors (Lipinski definition) is 0. The number of benzene rings is 6. The molecular formula is C37H32Si. The fourth-order valence-electron chi connectivity index (χ4n) is 5.96. The third-order valence-corrected chi connectivity index (χ3v) is 12.6. The van der Waals surface area contributed by atoms with Crippen LogP contribution in [-0.4, -0.2) is 8.07 Å². The van der Waals surface area contributed by atoms with Crippen molar-refractivity contribution in [1.82, 2.24) is 0 Å². The van der Waals surface area contributed by atoms with Crippen molar-refractivity contribution in [1.29, 1.82) is 0 Å². The molecule has 0 fully saturated rings. The van der Waals surface area contributed by atoms with E-state index in [-0.39, 0.29) is 0 Å². The number of fused-ring (bicyclic) bond motifs is 1. The van der Waals surface area contributed by atoms with E-state index in [0.29, 0.717) is 5.92 Å². The molecule has 0 saturated heterocycles. The van der Waals surface area contributed by atoms with Gasteiger partial charge in [-0.15, -0.1) is 0 Å². The summed E-state index contributed by atoms with van der Waals surface area (Å²) in [6, 6.07) is 56.4. The van der Waals surface area contributed by atoms with Gasteiger partial charge in [-0.3, -0.25) is 0 Å². The molecule has 0 aliphatic rings. The summed E-state index contributed by atoms with van der Waals surface area (Å²) in [7, 11) is -2.69. The molecule has 1 heteroatoms. The summed E-state index contributed by atoms with van der Waals surface area (Å²) in [5.74, 6) is 0.464. The molecule has 184 valence electrons. The Morgan fingerprint density at radius 3 is 1.39 bits per heavy atom. The van der Waals surface area contributed by atoms with Gasteiger partial charge in [0.15, 0.2) is 8.07 Å². The Balaban J connectivity index is 1.84. The van der Waals surface area contributed by atoms with Crippen LogP contribution in [0, 0.1) is 0 Å². The zero-order chi connectivity index (χ0) is 26.0. The van der Waals surface area contributed by atoms with Gasteiger partial charge in [0.1, 0.15) is 0 Å². The Bertz CT molecular complexity index is 1560. The molecule has 0 saturated carbocycles. The first-order valence-electron chi connectivity index (χ1n) is 13.5. The van der Waals surface area contributed by atoms with E-state index < -0.39 is 8.07 Å². The highest BCUT2D eigenvalue weighted by molar-refractivity contribution is 7.20. The molecule has 0 heterocycles. The zero-order valence-corrected chi connectivity index (χ0v) is 23.0. The highest BCUT2D eigenvalue weighted by Gasteiger charge is 2.43. The molecule has 6 aromatic carbocycles. The normalized spacial score (nSPS) is 11.7. The van der Waals surface area contributed by atoms with E-state index in [9.17, 15) is 0 Å². The van der Waals surface area contributed by atoms with Crippen molar-refractivity contribution in [2.24, 2.45) is 0 Å². The largest absolute Gasteiger partial charge is 0.180 e. The molecular weight excluding hydrogens is 472 g/mol. The van der Waals surface area contributed by atoms with Crippen molar-refractivity contribution >= 4 is 39.6 Å². The van der Waals surface area contributed by atoms with Crippen LogP contribution in [0.15, 0.2) is 152 Å². The molecule has 0 aromatic heterocycles. The van der Waals surface area contributed by atoms with Crippen LogP contribution in [0.4, 0.5) is 0 Å². The van der Waals surface area contributed by atoms with Gasteiger partial charge in [-0.25, -0.2) is 0 Å². The third kappa shape index (κ3) is 4.10. The molecule has 38 heavy (non-hydrogen) atoms. The lowest BCUT2D eigenvalue weighted by Crippen LogP contribution is -2.75. The Morgan fingerprint density at radius 1 is 0.474 bits per heavy atom. The number of rotatable bonds is 6. The van der Waals surface area contributed by atoms with E-state index in [1.54, 1.807) is 0 Å². The Hall–Kier alpha value is -4.20. The summed E-state index contributed by atoms with van der Waals surface area (Å²) < 4.78 is 0. The van der Waals surface area contributed by atoms with E-state index >= 15 is 0 Å². The van der Waals surface area contributed by atoms with Gasteiger partial charge in [-0.05, 0) is 54.1 Å². The smallest absolute Gasteiger partial charge is 0.0623 e. The molecule has 6 aromatic rings. The van der Waals surface area contributed by atoms with Gasteiger partial charge >= 0.3 is 0 Å². The van der Waals surface area contributed by atoms with E-state index in [4.69, 9.17) is 0 Å². The van der Waals surface area contributed by atoms with Gasteiger partial charge < -0.3 is 0 Å². The predicted molar refractivity (Wildman–Crippen MR) is 167 cm³/mol. The van der Waals surface area contributed by atoms with Crippen LogP contribution in [-0.2, 0) is 0 Å². The molecule has 0 unspecified atom stereocenters. The lowest BCUT2D eigenvalue weighted by Gasteiger charge is -2.36. The van der Waals surface area contributed by atoms with Crippen molar-refractivity contribution in [3.05, 3.63) is 157 Å². The highest BCUT2D eigenvalue weighted by atomic mass is 28.3. The van der Waals surface area contributed by atoms with Gasteiger partial charge in [-0.2, -0.15) is 0 Å². The molecule has 0 radical (unpaired) electrons. The van der Waals surface area contributed by atoms with Crippen LogP contribution in [0.1, 0.15) is 25.3 Å². The maximum Gasteiger partial charge on any atom is 0.180 e. The van der Waals surface area contributed by atoms with Crippen LogP contribution in [0.3, 0.4) is 0 Å². The summed E-state index contributed by atoms with van der Waals surface area (Å²) in [5, 5.41) is 8.24. The summed E-state index contributed by atoms with van der Waals surface area (Å²) in [4.78, 5) is 0. The van der Waals surface area contributed by atoms with Gasteiger partial charge in [-0.1, -0.05) is 166 Å². The minimum absolute atomic E-state index is 0.464. The highest BCUT2D eigenvalue weighted by Crippen LogP contribution is 2.32. The maximum atomic E-state index is 2.44. The molecule has 0 bridgehead atoms. The minimum atomic E-state index is -2.69. The Labute approximate surface area is 227 Å². The summed E-state index contributed by atoms with van der Waals surface area (Å²) in [6.45, 7) is 4.56. The van der Waals surface area contributed by atoms with E-state index in [0.717, 1.165) is 0 Å². The van der Waals surface area contributed by atoms with Crippen LogP contribution >= 0.6 is 0 Å². The first kappa shape index (κ1) is 24.2. The first-order chi connectivity index (χ1) is 18.7. The third-order valence-electron chi connectivity index (χ3n) is 7.80. The molecule has 0 amide bonds. The van der Waals surface area contributed by atoms with Crippen molar-refractivity contribution in [3.8, 4) is 11.1 Å². The average molecular weight is 505 g/mol. The number of hydrogen-bond acceptors (Lipinski definition) is 0. The van der Waals surface area contributed by atoms with Crippen LogP contribution in [0.2, 0.25) is 0 Å². The fourth-order valence-corrected chi connectivity index (χ4v) is 11.0. The van der Waals surface area contributed by atoms with E-state index in [1.165, 1.54) is 48.2 Å². The quantitative estimate of drug-likeness (QED) is 0.169. The topological polar surface area (TPSA) is 0 Å². The Morgan fingerprint density at radius 2 is 0.921 bits per heavy atom. The lowest BCUT2D eigenvalue weighted by molar-refractivity contribution is 0.869. The van der Waals surface area contributed by atoms with Crippen molar-refractivity contribution in [3.63, 3.8) is 0 Å². The Kier molecular flexibility index (Phi) is 6.53. The zero-order valence-electron chi connectivity index (χ0n) is 22.0. The summed E-state index contributed by atoms with van der Waals surface area (Å²) in [6.07, 6.45) is 0. The van der Waals surface area contributed by atoms with E-state index in [1.807, 2.05) is 0 Å². The molecule has 0 atom stereocenters. The average Bonchev–Trinajstić information content (AvgIpc) is 2.99. The molecule has 0 N–H and O–H groups in total. The van der Waals surface area contributed by atoms with Crippen LogP contribution in [0.25, 0.3) is 21.9 Å². The van der Waals surface area contributed by atoms with Gasteiger partial charge in [0.25, 0.3) is 0 Å². The lowest BCUT2D eigenvalue weighted by atomic mass is 9.93. The molecule has 0 aliphatic carbocycles. The second-order valence-corrected chi connectivity index (χ2v) is 14.1. The van der Waals surface area contributed by atoms with E-state index in [2.05, 4.69) is 166 Å². The van der Waals surface area contributed by atoms with Crippen LogP contribution < -0.4 is 20.7 Å². The van der Waals surface area contributed by atoms with Gasteiger partial charge in [0.05, 0.1) is 0 Å². The van der Waals surface area contributed by atoms with Crippen LogP contribution in [0.5, 0.6) is 0 Å². The molecule has 0 aliphatic heterocycles. The van der Waals surface area contributed by atoms with Crippen molar-refractivity contribution < 1.29 is 0 Å². The van der Waals surface area contributed by atoms with Gasteiger partial charge in [0.2, 0.25) is 0 Å². The fraction of sp³-hybridized carbons (Fsp3) is 0.0811. The maximum absolute atomic E-state index is 2.69. The molecule has 6 rings (SSSR count). The molecule has 0 nitrogen and oxygen atoms in total.